The molecule has 176 valence electrons. The lowest BCUT2D eigenvalue weighted by molar-refractivity contribution is -0.383. The van der Waals surface area contributed by atoms with Crippen molar-refractivity contribution < 1.29 is 29.1 Å². The van der Waals surface area contributed by atoms with E-state index >= 15 is 0 Å². The van der Waals surface area contributed by atoms with Crippen molar-refractivity contribution in [3.63, 3.8) is 0 Å². The van der Waals surface area contributed by atoms with Crippen LogP contribution in [-0.2, 0) is 14.3 Å². The minimum atomic E-state index is -0.743. The number of hydrogen-bond donors (Lipinski definition) is 2. The van der Waals surface area contributed by atoms with Crippen LogP contribution in [0.4, 0.5) is 22.7 Å². The molecule has 0 aliphatic carbocycles. The van der Waals surface area contributed by atoms with Gasteiger partial charge in [-0.15, -0.1) is 0 Å². The zero-order chi connectivity index (χ0) is 23.8. The number of nitrogens with zero attached hydrogens (tertiary/aromatic N) is 3. The van der Waals surface area contributed by atoms with E-state index < -0.39 is 10.9 Å². The van der Waals surface area contributed by atoms with E-state index in [1.165, 1.54) is 19.2 Å². The van der Waals surface area contributed by atoms with Gasteiger partial charge in [0.15, 0.2) is 0 Å². The number of carbonyl (C=O) groups is 2. The lowest BCUT2D eigenvalue weighted by Gasteiger charge is -2.35. The maximum atomic E-state index is 12.0. The summed E-state index contributed by atoms with van der Waals surface area (Å²) in [4.78, 5) is 38.6. The van der Waals surface area contributed by atoms with Crippen LogP contribution in [-0.4, -0.2) is 79.9 Å². The molecule has 1 heterocycles. The van der Waals surface area contributed by atoms with Crippen molar-refractivity contribution >= 4 is 34.7 Å². The Morgan fingerprint density at radius 2 is 1.91 bits per heavy atom. The second kappa shape index (κ2) is 11.2. The van der Waals surface area contributed by atoms with Crippen LogP contribution in [0.25, 0.3) is 0 Å². The fourth-order valence-corrected chi connectivity index (χ4v) is 3.48. The van der Waals surface area contributed by atoms with Crippen LogP contribution in [0.15, 0.2) is 42.5 Å². The van der Waals surface area contributed by atoms with E-state index in [0.29, 0.717) is 18.8 Å². The first-order chi connectivity index (χ1) is 15.9. The molecule has 2 aromatic carbocycles. The van der Waals surface area contributed by atoms with Gasteiger partial charge in [0.25, 0.3) is 5.69 Å². The van der Waals surface area contributed by atoms with Crippen molar-refractivity contribution in [2.24, 2.45) is 0 Å². The van der Waals surface area contributed by atoms with E-state index in [1.54, 1.807) is 6.07 Å². The number of rotatable bonds is 9. The molecule has 0 unspecified atom stereocenters. The second-order valence-electron chi connectivity index (χ2n) is 7.36. The first-order valence-electron chi connectivity index (χ1n) is 10.4. The molecule has 1 saturated heterocycles. The van der Waals surface area contributed by atoms with Gasteiger partial charge in [0.05, 0.1) is 30.7 Å². The van der Waals surface area contributed by atoms with Crippen LogP contribution in [0.1, 0.15) is 10.4 Å². The number of nitrogens with one attached hydrogen (secondary N) is 1. The van der Waals surface area contributed by atoms with Crippen LogP contribution in [0.5, 0.6) is 0 Å². The van der Waals surface area contributed by atoms with Gasteiger partial charge in [0, 0.05) is 43.6 Å². The smallest absolute Gasteiger partial charge is 0.338 e. The molecule has 0 bridgehead atoms. The summed E-state index contributed by atoms with van der Waals surface area (Å²) in [5, 5.41) is 23.4. The molecule has 1 aliphatic heterocycles. The average Bonchev–Trinajstić information content (AvgIpc) is 2.83. The van der Waals surface area contributed by atoms with Crippen molar-refractivity contribution in [1.29, 1.82) is 0 Å². The lowest BCUT2D eigenvalue weighted by atomic mass is 10.1. The highest BCUT2D eigenvalue weighted by Gasteiger charge is 2.21. The van der Waals surface area contributed by atoms with E-state index in [-0.39, 0.29) is 42.7 Å². The molecule has 11 heteroatoms. The number of nitro groups is 1. The minimum absolute atomic E-state index is 0.0271. The molecule has 11 nitrogen and oxygen atoms in total. The summed E-state index contributed by atoms with van der Waals surface area (Å²) < 4.78 is 9.54. The Labute approximate surface area is 190 Å². The van der Waals surface area contributed by atoms with E-state index in [0.717, 1.165) is 24.8 Å². The molecule has 0 aromatic heterocycles. The maximum Gasteiger partial charge on any atom is 0.338 e. The lowest BCUT2D eigenvalue weighted by Crippen LogP contribution is -2.48. The summed E-state index contributed by atoms with van der Waals surface area (Å²) in [6.07, 6.45) is 0. The minimum Gasteiger partial charge on any atom is -0.468 e. The van der Waals surface area contributed by atoms with E-state index in [4.69, 9.17) is 14.6 Å². The van der Waals surface area contributed by atoms with Gasteiger partial charge in [-0.1, -0.05) is 6.07 Å². The Morgan fingerprint density at radius 1 is 1.15 bits per heavy atom. The predicted molar refractivity (Wildman–Crippen MR) is 121 cm³/mol. The summed E-state index contributed by atoms with van der Waals surface area (Å²) in [5.74, 6) is -1.00. The molecule has 0 atom stereocenters. The van der Waals surface area contributed by atoms with E-state index in [9.17, 15) is 19.7 Å². The zero-order valence-corrected chi connectivity index (χ0v) is 18.2. The van der Waals surface area contributed by atoms with Gasteiger partial charge in [-0.3, -0.25) is 19.8 Å². The number of nitro benzene ring substituents is 1. The van der Waals surface area contributed by atoms with Gasteiger partial charge in [-0.2, -0.15) is 0 Å². The molecule has 2 N–H and O–H groups in total. The Kier molecular flexibility index (Phi) is 8.17. The van der Waals surface area contributed by atoms with E-state index in [2.05, 4.69) is 10.2 Å². The maximum absolute atomic E-state index is 12.0. The van der Waals surface area contributed by atoms with Gasteiger partial charge in [-0.25, -0.2) is 4.79 Å². The number of esters is 2. The number of aliphatic hydroxyl groups is 1. The third kappa shape index (κ3) is 6.40. The molecular formula is C22H26N4O7. The average molecular weight is 458 g/mol. The Bertz CT molecular complexity index is 1010. The fourth-order valence-electron chi connectivity index (χ4n) is 3.48. The number of ether oxygens (including phenoxy) is 2. The van der Waals surface area contributed by atoms with Crippen molar-refractivity contribution in [3.05, 3.63) is 58.1 Å². The summed E-state index contributed by atoms with van der Waals surface area (Å²) >= 11 is 0. The second-order valence-corrected chi connectivity index (χ2v) is 7.36. The predicted octanol–water partition coefficient (Wildman–Crippen LogP) is 1.78. The van der Waals surface area contributed by atoms with Gasteiger partial charge in [0.2, 0.25) is 0 Å². The summed E-state index contributed by atoms with van der Waals surface area (Å²) in [5.41, 5.74) is 1.60. The molecule has 2 aromatic rings. The number of hydrogen-bond acceptors (Lipinski definition) is 10. The van der Waals surface area contributed by atoms with Gasteiger partial charge in [-0.05, 0) is 30.3 Å². The molecule has 0 radical (unpaired) electrons. The number of aliphatic hydroxyl groups excluding tert-OH is 1. The van der Waals surface area contributed by atoms with Crippen molar-refractivity contribution in [2.45, 2.75) is 0 Å². The summed E-state index contributed by atoms with van der Waals surface area (Å²) in [6, 6.07) is 11.5. The number of piperazine rings is 1. The summed E-state index contributed by atoms with van der Waals surface area (Å²) in [6.45, 7) is 2.63. The van der Waals surface area contributed by atoms with Gasteiger partial charge in [0.1, 0.15) is 12.3 Å². The highest BCUT2D eigenvalue weighted by atomic mass is 16.6. The molecule has 33 heavy (non-hydrogen) atoms. The quantitative estimate of drug-likeness (QED) is 0.325. The number of benzene rings is 2. The Balaban J connectivity index is 1.70. The van der Waals surface area contributed by atoms with Crippen LogP contribution in [0.2, 0.25) is 0 Å². The number of methoxy groups -OCH3 is 1. The molecule has 1 aliphatic rings. The summed E-state index contributed by atoms with van der Waals surface area (Å²) in [7, 11) is 1.37. The third-order valence-corrected chi connectivity index (χ3v) is 5.20. The SMILES string of the molecule is COC(=O)CN1CCN(c2cccc(Nc3ccc(C(=O)OCCO)cc3[N+](=O)[O-])c2)CC1. The molecule has 1 fully saturated rings. The molecular weight excluding hydrogens is 432 g/mol. The highest BCUT2D eigenvalue weighted by molar-refractivity contribution is 5.91. The number of carbonyl (C=O) groups excluding carboxylic acids is 2. The highest BCUT2D eigenvalue weighted by Crippen LogP contribution is 2.30. The van der Waals surface area contributed by atoms with Crippen LogP contribution < -0.4 is 10.2 Å². The monoisotopic (exact) mass is 458 g/mol. The van der Waals surface area contributed by atoms with Crippen molar-refractivity contribution in [3.8, 4) is 0 Å². The Morgan fingerprint density at radius 3 is 2.58 bits per heavy atom. The largest absolute Gasteiger partial charge is 0.468 e. The first kappa shape index (κ1) is 24.0. The zero-order valence-electron chi connectivity index (χ0n) is 18.2. The molecule has 0 saturated carbocycles. The third-order valence-electron chi connectivity index (χ3n) is 5.20. The molecule has 0 spiro atoms. The van der Waals surface area contributed by atoms with Gasteiger partial charge < -0.3 is 24.8 Å². The van der Waals surface area contributed by atoms with E-state index in [1.807, 2.05) is 23.1 Å². The van der Waals surface area contributed by atoms with Crippen LogP contribution in [0.3, 0.4) is 0 Å². The Hall–Kier alpha value is -3.70. The van der Waals surface area contributed by atoms with Crippen LogP contribution >= 0.6 is 0 Å². The molecule has 0 amide bonds. The fraction of sp³-hybridized carbons (Fsp3) is 0.364. The van der Waals surface area contributed by atoms with Gasteiger partial charge >= 0.3 is 11.9 Å². The van der Waals surface area contributed by atoms with Crippen molar-refractivity contribution in [1.82, 2.24) is 4.90 Å². The normalized spacial score (nSPS) is 13.9. The van der Waals surface area contributed by atoms with Crippen molar-refractivity contribution in [2.75, 3.05) is 63.3 Å². The topological polar surface area (TPSA) is 134 Å². The standard InChI is InChI=1S/C22H26N4O7/c1-32-21(28)15-24-7-9-25(10-8-24)18-4-2-3-17(14-18)23-19-6-5-16(13-20(19)26(30)31)22(29)33-12-11-27/h2-6,13-14,23,27H,7-12,15H2,1H3. The van der Waals surface area contributed by atoms with Crippen LogP contribution in [0, 0.1) is 10.1 Å². The molecule has 3 rings (SSSR count). The first-order valence-corrected chi connectivity index (χ1v) is 10.4. The number of anilines is 3.